The lowest BCUT2D eigenvalue weighted by Gasteiger charge is -2.13. The summed E-state index contributed by atoms with van der Waals surface area (Å²) in [5.41, 5.74) is 4.82. The van der Waals surface area contributed by atoms with Crippen molar-refractivity contribution in [3.8, 4) is 5.69 Å². The molecule has 0 saturated carbocycles. The molecule has 0 saturated heterocycles. The van der Waals surface area contributed by atoms with E-state index in [1.807, 2.05) is 16.9 Å². The van der Waals surface area contributed by atoms with Crippen molar-refractivity contribution >= 4 is 0 Å². The Bertz CT molecular complexity index is 727. The molecule has 24 heavy (non-hydrogen) atoms. The van der Waals surface area contributed by atoms with Crippen molar-refractivity contribution in [1.82, 2.24) is 24.9 Å². The number of H-pyrrole nitrogens is 1. The molecule has 0 amide bonds. The van der Waals surface area contributed by atoms with Gasteiger partial charge in [-0.3, -0.25) is 10.00 Å². The maximum absolute atomic E-state index is 4.50. The Morgan fingerprint density at radius 2 is 1.92 bits per heavy atom. The summed E-state index contributed by atoms with van der Waals surface area (Å²) >= 11 is 0. The lowest BCUT2D eigenvalue weighted by Crippen LogP contribution is -2.17. The summed E-state index contributed by atoms with van der Waals surface area (Å²) in [7, 11) is 2.10. The summed E-state index contributed by atoms with van der Waals surface area (Å²) in [6.45, 7) is 3.92. The Kier molecular flexibility index (Phi) is 5.43. The first kappa shape index (κ1) is 16.5. The van der Waals surface area contributed by atoms with Crippen LogP contribution in [0.2, 0.25) is 0 Å². The highest BCUT2D eigenvalue weighted by atomic mass is 15.3. The molecule has 0 aliphatic rings. The molecule has 2 aromatic heterocycles. The molecule has 0 bridgehead atoms. The van der Waals surface area contributed by atoms with Crippen molar-refractivity contribution in [2.75, 3.05) is 7.05 Å². The molecule has 0 fully saturated rings. The van der Waals surface area contributed by atoms with Crippen LogP contribution >= 0.6 is 0 Å². The maximum atomic E-state index is 4.50. The topological polar surface area (TPSA) is 49.7 Å². The number of hydrogen-bond acceptors (Lipinski definition) is 3. The molecule has 1 aromatic carbocycles. The van der Waals surface area contributed by atoms with Gasteiger partial charge in [-0.15, -0.1) is 0 Å². The highest BCUT2D eigenvalue weighted by molar-refractivity contribution is 5.34. The van der Waals surface area contributed by atoms with Crippen molar-refractivity contribution in [3.63, 3.8) is 0 Å². The average Bonchev–Trinajstić information content (AvgIpc) is 3.25. The normalized spacial score (nSPS) is 11.3. The van der Waals surface area contributed by atoms with Crippen LogP contribution in [-0.2, 0) is 19.5 Å². The van der Waals surface area contributed by atoms with E-state index in [0.29, 0.717) is 0 Å². The maximum Gasteiger partial charge on any atom is 0.0645 e. The highest BCUT2D eigenvalue weighted by Gasteiger charge is 2.06. The number of nitrogens with one attached hydrogen (secondary N) is 1. The predicted octanol–water partition coefficient (Wildman–Crippen LogP) is 3.57. The number of aromatic amines is 1. The number of unbranched alkanes of at least 4 members (excludes halogenated alkanes) is 1. The van der Waals surface area contributed by atoms with Crippen LogP contribution in [0.25, 0.3) is 5.69 Å². The van der Waals surface area contributed by atoms with Gasteiger partial charge in [0.2, 0.25) is 0 Å². The number of hydrogen-bond donors (Lipinski definition) is 1. The van der Waals surface area contributed by atoms with E-state index in [2.05, 4.69) is 64.6 Å². The third kappa shape index (κ3) is 4.32. The minimum Gasteiger partial charge on any atom is -0.296 e. The molecular formula is C19H25N5. The fraction of sp³-hybridized carbons (Fsp3) is 0.368. The minimum absolute atomic E-state index is 0.845. The van der Waals surface area contributed by atoms with Crippen LogP contribution in [0.3, 0.4) is 0 Å². The lowest BCUT2D eigenvalue weighted by molar-refractivity contribution is 0.315. The second-order valence-corrected chi connectivity index (χ2v) is 6.32. The van der Waals surface area contributed by atoms with E-state index >= 15 is 0 Å². The van der Waals surface area contributed by atoms with Crippen LogP contribution in [0, 0.1) is 0 Å². The van der Waals surface area contributed by atoms with Gasteiger partial charge < -0.3 is 0 Å². The molecule has 0 spiro atoms. The van der Waals surface area contributed by atoms with Crippen LogP contribution in [0.4, 0.5) is 0 Å². The smallest absolute Gasteiger partial charge is 0.0645 e. The largest absolute Gasteiger partial charge is 0.296 e. The van der Waals surface area contributed by atoms with Gasteiger partial charge in [-0.05, 0) is 43.7 Å². The Hall–Kier alpha value is -2.40. The van der Waals surface area contributed by atoms with Gasteiger partial charge in [0.05, 0.1) is 11.9 Å². The zero-order chi connectivity index (χ0) is 16.8. The first-order chi connectivity index (χ1) is 11.7. The molecule has 0 radical (unpaired) electrons. The van der Waals surface area contributed by atoms with Crippen LogP contribution in [0.1, 0.15) is 36.6 Å². The zero-order valence-electron chi connectivity index (χ0n) is 14.4. The Balaban J connectivity index is 1.60. The van der Waals surface area contributed by atoms with Crippen LogP contribution in [-0.4, -0.2) is 31.9 Å². The molecule has 0 atom stereocenters. The van der Waals surface area contributed by atoms with Gasteiger partial charge >= 0.3 is 0 Å². The van der Waals surface area contributed by atoms with Crippen LogP contribution < -0.4 is 0 Å². The monoisotopic (exact) mass is 323 g/mol. The van der Waals surface area contributed by atoms with Gasteiger partial charge in [-0.2, -0.15) is 10.2 Å². The number of benzene rings is 1. The Morgan fingerprint density at radius 3 is 2.62 bits per heavy atom. The second kappa shape index (κ2) is 7.93. The minimum atomic E-state index is 0.845. The van der Waals surface area contributed by atoms with Crippen molar-refractivity contribution in [2.45, 2.75) is 39.3 Å². The summed E-state index contributed by atoms with van der Waals surface area (Å²) in [5, 5.41) is 11.5. The fourth-order valence-electron chi connectivity index (χ4n) is 2.81. The number of nitrogens with zero attached hydrogens (tertiary/aromatic N) is 4. The van der Waals surface area contributed by atoms with E-state index < -0.39 is 0 Å². The van der Waals surface area contributed by atoms with Crippen LogP contribution in [0.5, 0.6) is 0 Å². The molecule has 3 rings (SSSR count). The molecule has 5 heteroatoms. The number of rotatable bonds is 8. The summed E-state index contributed by atoms with van der Waals surface area (Å²) in [4.78, 5) is 2.24. The summed E-state index contributed by atoms with van der Waals surface area (Å²) in [5.74, 6) is 0. The van der Waals surface area contributed by atoms with Gasteiger partial charge in [0.15, 0.2) is 0 Å². The van der Waals surface area contributed by atoms with E-state index in [0.717, 1.165) is 30.9 Å². The summed E-state index contributed by atoms with van der Waals surface area (Å²) in [6.07, 6.45) is 9.45. The van der Waals surface area contributed by atoms with Crippen molar-refractivity contribution in [2.24, 2.45) is 0 Å². The fourth-order valence-corrected chi connectivity index (χ4v) is 2.81. The molecule has 1 N–H and O–H groups in total. The van der Waals surface area contributed by atoms with E-state index in [1.54, 1.807) is 6.20 Å². The van der Waals surface area contributed by atoms with Gasteiger partial charge in [0, 0.05) is 36.7 Å². The first-order valence-electron chi connectivity index (χ1n) is 8.54. The highest BCUT2D eigenvalue weighted by Crippen LogP contribution is 2.13. The Labute approximate surface area is 143 Å². The molecule has 0 unspecified atom stereocenters. The van der Waals surface area contributed by atoms with Crippen molar-refractivity contribution in [1.29, 1.82) is 0 Å². The second-order valence-electron chi connectivity index (χ2n) is 6.32. The first-order valence-corrected chi connectivity index (χ1v) is 8.54. The van der Waals surface area contributed by atoms with Crippen molar-refractivity contribution in [3.05, 3.63) is 65.7 Å². The SMILES string of the molecule is CCCCc1ccc(-n2cc(CN(C)Cc3ccn[nH]3)cn2)cc1. The van der Waals surface area contributed by atoms with E-state index in [-0.39, 0.29) is 0 Å². The van der Waals surface area contributed by atoms with Gasteiger partial charge in [0.1, 0.15) is 0 Å². The van der Waals surface area contributed by atoms with Crippen molar-refractivity contribution < 1.29 is 0 Å². The quantitative estimate of drug-likeness (QED) is 0.689. The predicted molar refractivity (Wildman–Crippen MR) is 95.9 cm³/mol. The number of aryl methyl sites for hydroxylation is 1. The van der Waals surface area contributed by atoms with E-state index in [9.17, 15) is 0 Å². The van der Waals surface area contributed by atoms with Crippen LogP contribution in [0.15, 0.2) is 48.9 Å². The van der Waals surface area contributed by atoms with E-state index in [4.69, 9.17) is 0 Å². The molecular weight excluding hydrogens is 298 g/mol. The standard InChI is InChI=1S/C19H25N5/c1-3-4-5-16-6-8-19(9-7-16)24-14-17(12-21-24)13-23(2)15-18-10-11-20-22-18/h6-12,14H,3-5,13,15H2,1-2H3,(H,20,22). The van der Waals surface area contributed by atoms with Gasteiger partial charge in [0.25, 0.3) is 0 Å². The molecule has 0 aliphatic heterocycles. The third-order valence-electron chi connectivity index (χ3n) is 4.11. The molecule has 0 aliphatic carbocycles. The molecule has 2 heterocycles. The molecule has 5 nitrogen and oxygen atoms in total. The number of aromatic nitrogens is 4. The zero-order valence-corrected chi connectivity index (χ0v) is 14.4. The third-order valence-corrected chi connectivity index (χ3v) is 4.11. The molecule has 126 valence electrons. The summed E-state index contributed by atoms with van der Waals surface area (Å²) < 4.78 is 1.95. The van der Waals surface area contributed by atoms with Gasteiger partial charge in [-0.1, -0.05) is 25.5 Å². The van der Waals surface area contributed by atoms with Gasteiger partial charge in [-0.25, -0.2) is 4.68 Å². The average molecular weight is 323 g/mol. The summed E-state index contributed by atoms with van der Waals surface area (Å²) in [6, 6.07) is 10.7. The van der Waals surface area contributed by atoms with E-state index in [1.165, 1.54) is 24.0 Å². The Morgan fingerprint density at radius 1 is 1.08 bits per heavy atom. The lowest BCUT2D eigenvalue weighted by atomic mass is 10.1. The molecule has 3 aromatic rings.